The zero-order valence-electron chi connectivity index (χ0n) is 15.6. The SMILES string of the molecule is COCCN1CC[C@@]2(c3ccccc3)CCN(C(=O)COC)[C@H]2CC1=O. The number of fused-ring (bicyclic) bond motifs is 1. The Labute approximate surface area is 155 Å². The third-order valence-electron chi connectivity index (χ3n) is 5.86. The number of carbonyl (C=O) groups is 2. The number of methoxy groups -OCH3 is 2. The normalized spacial score (nSPS) is 25.9. The van der Waals surface area contributed by atoms with Crippen molar-refractivity contribution in [3.63, 3.8) is 0 Å². The van der Waals surface area contributed by atoms with Crippen LogP contribution < -0.4 is 0 Å². The summed E-state index contributed by atoms with van der Waals surface area (Å²) in [6.45, 7) is 2.55. The van der Waals surface area contributed by atoms with Crippen LogP contribution in [0, 0.1) is 0 Å². The maximum absolute atomic E-state index is 12.9. The summed E-state index contributed by atoms with van der Waals surface area (Å²) in [5.74, 6) is 0.0652. The van der Waals surface area contributed by atoms with Gasteiger partial charge in [0.25, 0.3) is 0 Å². The molecule has 1 aromatic rings. The molecule has 1 aromatic carbocycles. The molecule has 142 valence electrons. The van der Waals surface area contributed by atoms with Crippen LogP contribution in [-0.2, 0) is 24.5 Å². The second-order valence-corrected chi connectivity index (χ2v) is 7.14. The van der Waals surface area contributed by atoms with Crippen LogP contribution in [0.3, 0.4) is 0 Å². The number of likely N-dealkylation sites (tertiary alicyclic amines) is 2. The molecule has 0 N–H and O–H groups in total. The summed E-state index contributed by atoms with van der Waals surface area (Å²) < 4.78 is 10.2. The number of hydrogen-bond donors (Lipinski definition) is 0. The first-order valence-electron chi connectivity index (χ1n) is 9.23. The van der Waals surface area contributed by atoms with Gasteiger partial charge in [-0.3, -0.25) is 9.59 Å². The summed E-state index contributed by atoms with van der Waals surface area (Å²) in [7, 11) is 3.18. The fourth-order valence-electron chi connectivity index (χ4n) is 4.49. The summed E-state index contributed by atoms with van der Waals surface area (Å²) in [5, 5.41) is 0. The second kappa shape index (κ2) is 8.18. The largest absolute Gasteiger partial charge is 0.383 e. The van der Waals surface area contributed by atoms with E-state index in [-0.39, 0.29) is 29.9 Å². The molecular formula is C20H28N2O4. The zero-order chi connectivity index (χ0) is 18.6. The first-order valence-corrected chi connectivity index (χ1v) is 9.23. The van der Waals surface area contributed by atoms with E-state index in [4.69, 9.17) is 9.47 Å². The Morgan fingerprint density at radius 1 is 1.15 bits per heavy atom. The highest BCUT2D eigenvalue weighted by molar-refractivity contribution is 5.82. The highest BCUT2D eigenvalue weighted by Gasteiger charge is 2.52. The van der Waals surface area contributed by atoms with Crippen molar-refractivity contribution < 1.29 is 19.1 Å². The van der Waals surface area contributed by atoms with Gasteiger partial charge in [0.15, 0.2) is 0 Å². The quantitative estimate of drug-likeness (QED) is 0.770. The van der Waals surface area contributed by atoms with Crippen molar-refractivity contribution >= 4 is 11.8 Å². The van der Waals surface area contributed by atoms with E-state index in [1.807, 2.05) is 28.0 Å². The number of amides is 2. The van der Waals surface area contributed by atoms with Crippen LogP contribution in [0.5, 0.6) is 0 Å². The van der Waals surface area contributed by atoms with Gasteiger partial charge in [0.05, 0.1) is 12.6 Å². The van der Waals surface area contributed by atoms with Gasteiger partial charge >= 0.3 is 0 Å². The van der Waals surface area contributed by atoms with E-state index in [0.717, 1.165) is 12.8 Å². The predicted octanol–water partition coefficient (Wildman–Crippen LogP) is 1.44. The Morgan fingerprint density at radius 2 is 1.88 bits per heavy atom. The van der Waals surface area contributed by atoms with E-state index in [0.29, 0.717) is 32.7 Å². The molecule has 6 nitrogen and oxygen atoms in total. The predicted molar refractivity (Wildman–Crippen MR) is 97.8 cm³/mol. The van der Waals surface area contributed by atoms with Crippen molar-refractivity contribution in [1.29, 1.82) is 0 Å². The lowest BCUT2D eigenvalue weighted by molar-refractivity contribution is -0.138. The van der Waals surface area contributed by atoms with E-state index < -0.39 is 0 Å². The molecule has 0 bridgehead atoms. The van der Waals surface area contributed by atoms with Gasteiger partial charge in [0.1, 0.15) is 6.61 Å². The first kappa shape index (κ1) is 18.9. The van der Waals surface area contributed by atoms with Crippen LogP contribution in [-0.4, -0.2) is 74.7 Å². The maximum atomic E-state index is 12.9. The topological polar surface area (TPSA) is 59.1 Å². The number of rotatable bonds is 6. The first-order chi connectivity index (χ1) is 12.6. The van der Waals surface area contributed by atoms with Gasteiger partial charge in [-0.2, -0.15) is 0 Å². The molecule has 0 aromatic heterocycles. The lowest BCUT2D eigenvalue weighted by Crippen LogP contribution is -2.46. The lowest BCUT2D eigenvalue weighted by Gasteiger charge is -2.36. The standard InChI is InChI=1S/C20H28N2O4/c1-25-13-12-21-10-8-20(16-6-4-3-5-7-16)9-11-22(19(24)15-26-2)17(20)14-18(21)23/h3-7,17H,8-15H2,1-2H3/t17-,20-/m0/s1. The van der Waals surface area contributed by atoms with Gasteiger partial charge in [0, 0.05) is 45.7 Å². The molecule has 0 spiro atoms. The molecule has 0 unspecified atom stereocenters. The molecule has 0 aliphatic carbocycles. The minimum atomic E-state index is -0.178. The number of nitrogens with zero attached hydrogens (tertiary/aromatic N) is 2. The van der Waals surface area contributed by atoms with Crippen LogP contribution in [0.4, 0.5) is 0 Å². The van der Waals surface area contributed by atoms with Gasteiger partial charge in [-0.15, -0.1) is 0 Å². The van der Waals surface area contributed by atoms with Crippen molar-refractivity contribution in [2.75, 3.05) is 47.1 Å². The number of benzene rings is 1. The Kier molecular flexibility index (Phi) is 5.94. The molecule has 0 saturated carbocycles. The van der Waals surface area contributed by atoms with E-state index in [2.05, 4.69) is 12.1 Å². The summed E-state index contributed by atoms with van der Waals surface area (Å²) >= 11 is 0. The van der Waals surface area contributed by atoms with Crippen molar-refractivity contribution in [3.05, 3.63) is 35.9 Å². The van der Waals surface area contributed by atoms with Crippen molar-refractivity contribution in [1.82, 2.24) is 9.80 Å². The minimum Gasteiger partial charge on any atom is -0.383 e. The molecule has 6 heteroatoms. The van der Waals surface area contributed by atoms with Crippen LogP contribution >= 0.6 is 0 Å². The molecule has 2 saturated heterocycles. The third-order valence-corrected chi connectivity index (χ3v) is 5.86. The molecule has 2 fully saturated rings. The Morgan fingerprint density at radius 3 is 2.58 bits per heavy atom. The van der Waals surface area contributed by atoms with E-state index >= 15 is 0 Å². The van der Waals surface area contributed by atoms with Crippen LogP contribution in [0.1, 0.15) is 24.8 Å². The molecule has 2 aliphatic heterocycles. The van der Waals surface area contributed by atoms with Crippen LogP contribution in [0.25, 0.3) is 0 Å². The van der Waals surface area contributed by atoms with Crippen LogP contribution in [0.2, 0.25) is 0 Å². The lowest BCUT2D eigenvalue weighted by atomic mass is 9.71. The zero-order valence-corrected chi connectivity index (χ0v) is 15.6. The van der Waals surface area contributed by atoms with Crippen molar-refractivity contribution in [2.45, 2.75) is 30.7 Å². The minimum absolute atomic E-state index is 0.0338. The van der Waals surface area contributed by atoms with Gasteiger partial charge in [-0.25, -0.2) is 0 Å². The fraction of sp³-hybridized carbons (Fsp3) is 0.600. The molecule has 0 radical (unpaired) electrons. The maximum Gasteiger partial charge on any atom is 0.248 e. The Bertz CT molecular complexity index is 636. The van der Waals surface area contributed by atoms with Gasteiger partial charge in [0.2, 0.25) is 11.8 Å². The number of carbonyl (C=O) groups excluding carboxylic acids is 2. The number of hydrogen-bond acceptors (Lipinski definition) is 4. The summed E-state index contributed by atoms with van der Waals surface area (Å²) in [4.78, 5) is 29.2. The molecule has 2 atom stereocenters. The van der Waals surface area contributed by atoms with Gasteiger partial charge in [-0.1, -0.05) is 30.3 Å². The third kappa shape index (κ3) is 3.48. The van der Waals surface area contributed by atoms with E-state index in [1.165, 1.54) is 12.7 Å². The molecule has 2 aliphatic rings. The number of ether oxygens (including phenoxy) is 2. The van der Waals surface area contributed by atoms with E-state index in [1.54, 1.807) is 7.11 Å². The average Bonchev–Trinajstić information content (AvgIpc) is 2.95. The summed E-state index contributed by atoms with van der Waals surface area (Å²) in [6, 6.07) is 10.2. The molecule has 26 heavy (non-hydrogen) atoms. The van der Waals surface area contributed by atoms with Crippen molar-refractivity contribution in [2.24, 2.45) is 0 Å². The Balaban J connectivity index is 1.93. The van der Waals surface area contributed by atoms with Gasteiger partial charge < -0.3 is 19.3 Å². The molecule has 2 heterocycles. The summed E-state index contributed by atoms with van der Waals surface area (Å²) in [6.07, 6.45) is 2.09. The highest BCUT2D eigenvalue weighted by atomic mass is 16.5. The summed E-state index contributed by atoms with van der Waals surface area (Å²) in [5.41, 5.74) is 1.04. The molecular weight excluding hydrogens is 332 g/mol. The smallest absolute Gasteiger partial charge is 0.248 e. The molecule has 2 amide bonds. The van der Waals surface area contributed by atoms with E-state index in [9.17, 15) is 9.59 Å². The fourth-order valence-corrected chi connectivity index (χ4v) is 4.49. The highest BCUT2D eigenvalue weighted by Crippen LogP contribution is 2.46. The Hall–Kier alpha value is -1.92. The monoisotopic (exact) mass is 360 g/mol. The molecule has 3 rings (SSSR count). The van der Waals surface area contributed by atoms with Gasteiger partial charge in [-0.05, 0) is 18.4 Å². The van der Waals surface area contributed by atoms with Crippen molar-refractivity contribution in [3.8, 4) is 0 Å². The van der Waals surface area contributed by atoms with Crippen LogP contribution in [0.15, 0.2) is 30.3 Å². The average molecular weight is 360 g/mol. The second-order valence-electron chi connectivity index (χ2n) is 7.14.